The fourth-order valence-electron chi connectivity index (χ4n) is 2.79. The molecule has 0 atom stereocenters. The van der Waals surface area contributed by atoms with Gasteiger partial charge in [-0.3, -0.25) is 9.69 Å². The van der Waals surface area contributed by atoms with Gasteiger partial charge in [-0.25, -0.2) is 9.59 Å². The molecule has 1 fully saturated rings. The summed E-state index contributed by atoms with van der Waals surface area (Å²) in [5, 5.41) is 24.7. The number of carboxylic acid groups (broad SMARTS) is 2. The molecule has 1 amide bonds. The molecule has 0 unspecified atom stereocenters. The number of rotatable bonds is 3. The van der Waals surface area contributed by atoms with Crippen LogP contribution in [0.5, 0.6) is 5.75 Å². The first-order valence-corrected chi connectivity index (χ1v) is 9.57. The number of benzene rings is 2. The molecule has 1 heterocycles. The highest BCUT2D eigenvalue weighted by Gasteiger charge is 2.22. The SMILES string of the molecule is O=C(O)C(=O)O.O=C(c1ccccc1)N1CCN(Cc2cc(Br)ccc2O)CC1. The van der Waals surface area contributed by atoms with Gasteiger partial charge >= 0.3 is 11.9 Å². The quantitative estimate of drug-likeness (QED) is 0.596. The van der Waals surface area contributed by atoms with Gasteiger partial charge in [-0.2, -0.15) is 0 Å². The van der Waals surface area contributed by atoms with E-state index in [-0.39, 0.29) is 5.91 Å². The predicted molar refractivity (Wildman–Crippen MR) is 109 cm³/mol. The second kappa shape index (κ2) is 10.6. The lowest BCUT2D eigenvalue weighted by molar-refractivity contribution is -0.159. The Kier molecular flexibility index (Phi) is 8.17. The number of hydrogen-bond donors (Lipinski definition) is 3. The minimum atomic E-state index is -1.82. The van der Waals surface area contributed by atoms with Gasteiger partial charge in [0.2, 0.25) is 0 Å². The number of piperazine rings is 1. The third-order valence-electron chi connectivity index (χ3n) is 4.30. The predicted octanol–water partition coefficient (Wildman–Crippen LogP) is 2.27. The molecule has 0 radical (unpaired) electrons. The van der Waals surface area contributed by atoms with Crippen molar-refractivity contribution in [3.05, 3.63) is 64.1 Å². The van der Waals surface area contributed by atoms with Crippen molar-refractivity contribution in [2.45, 2.75) is 6.54 Å². The summed E-state index contributed by atoms with van der Waals surface area (Å²) in [6, 6.07) is 14.9. The van der Waals surface area contributed by atoms with Gasteiger partial charge in [0.1, 0.15) is 5.75 Å². The Morgan fingerprint density at radius 3 is 2.03 bits per heavy atom. The Morgan fingerprint density at radius 1 is 0.897 bits per heavy atom. The summed E-state index contributed by atoms with van der Waals surface area (Å²) in [6.45, 7) is 3.73. The topological polar surface area (TPSA) is 118 Å². The molecule has 0 aromatic heterocycles. The molecule has 1 aliphatic heterocycles. The normalized spacial score (nSPS) is 13.9. The minimum absolute atomic E-state index is 0.0931. The van der Waals surface area contributed by atoms with Crippen LogP contribution < -0.4 is 0 Å². The molecule has 154 valence electrons. The summed E-state index contributed by atoms with van der Waals surface area (Å²) in [5.74, 6) is -3.24. The summed E-state index contributed by atoms with van der Waals surface area (Å²) in [4.78, 5) is 34.8. The molecule has 8 nitrogen and oxygen atoms in total. The molecule has 1 saturated heterocycles. The number of phenols is 1. The van der Waals surface area contributed by atoms with Crippen molar-refractivity contribution < 1.29 is 29.7 Å². The molecule has 2 aromatic carbocycles. The largest absolute Gasteiger partial charge is 0.508 e. The molecule has 0 saturated carbocycles. The van der Waals surface area contributed by atoms with E-state index in [0.29, 0.717) is 25.4 Å². The van der Waals surface area contributed by atoms with Crippen LogP contribution >= 0.6 is 15.9 Å². The van der Waals surface area contributed by atoms with Gasteiger partial charge in [-0.05, 0) is 30.3 Å². The van der Waals surface area contributed by atoms with E-state index in [0.717, 1.165) is 28.7 Å². The standard InChI is InChI=1S/C18H19BrN2O2.C2H2O4/c19-16-6-7-17(22)15(12-16)13-20-8-10-21(11-9-20)18(23)14-4-2-1-3-5-14;3-1(4)2(5)6/h1-7,12,22H,8-11,13H2;(H,3,4)(H,5,6). The number of aliphatic carboxylic acids is 2. The van der Waals surface area contributed by atoms with E-state index < -0.39 is 11.9 Å². The maximum Gasteiger partial charge on any atom is 0.414 e. The van der Waals surface area contributed by atoms with E-state index in [2.05, 4.69) is 20.8 Å². The number of hydrogen-bond acceptors (Lipinski definition) is 5. The van der Waals surface area contributed by atoms with Crippen LogP contribution in [-0.2, 0) is 16.1 Å². The van der Waals surface area contributed by atoms with Gasteiger partial charge in [0, 0.05) is 48.3 Å². The highest BCUT2D eigenvalue weighted by Crippen LogP contribution is 2.23. The van der Waals surface area contributed by atoms with E-state index in [4.69, 9.17) is 19.8 Å². The third-order valence-corrected chi connectivity index (χ3v) is 4.79. The fourth-order valence-corrected chi connectivity index (χ4v) is 3.20. The first kappa shape index (κ1) is 22.4. The number of carboxylic acids is 2. The van der Waals surface area contributed by atoms with Crippen LogP contribution in [0.3, 0.4) is 0 Å². The number of aromatic hydroxyl groups is 1. The van der Waals surface area contributed by atoms with Crippen LogP contribution in [0.4, 0.5) is 0 Å². The highest BCUT2D eigenvalue weighted by molar-refractivity contribution is 9.10. The lowest BCUT2D eigenvalue weighted by Gasteiger charge is -2.35. The second-order valence-electron chi connectivity index (χ2n) is 6.32. The Labute approximate surface area is 176 Å². The molecule has 0 bridgehead atoms. The Hall–Kier alpha value is -2.91. The fraction of sp³-hybridized carbons (Fsp3) is 0.250. The van der Waals surface area contributed by atoms with Gasteiger partial charge in [-0.1, -0.05) is 34.1 Å². The summed E-state index contributed by atoms with van der Waals surface area (Å²) in [6.07, 6.45) is 0. The summed E-state index contributed by atoms with van der Waals surface area (Å²) < 4.78 is 0.961. The van der Waals surface area contributed by atoms with Gasteiger partial charge in [0.25, 0.3) is 5.91 Å². The molecule has 1 aliphatic rings. The van der Waals surface area contributed by atoms with E-state index in [1.807, 2.05) is 47.4 Å². The Morgan fingerprint density at radius 2 is 1.48 bits per heavy atom. The molecule has 29 heavy (non-hydrogen) atoms. The number of nitrogens with zero attached hydrogens (tertiary/aromatic N) is 2. The molecular formula is C20H21BrN2O6. The summed E-state index contributed by atoms with van der Waals surface area (Å²) >= 11 is 3.43. The molecular weight excluding hydrogens is 444 g/mol. The number of carbonyl (C=O) groups is 3. The van der Waals surface area contributed by atoms with E-state index in [9.17, 15) is 9.90 Å². The smallest absolute Gasteiger partial charge is 0.414 e. The maximum absolute atomic E-state index is 12.4. The van der Waals surface area contributed by atoms with Crippen molar-refractivity contribution in [1.82, 2.24) is 9.80 Å². The number of carbonyl (C=O) groups excluding carboxylic acids is 1. The number of amides is 1. The molecule has 2 aromatic rings. The first-order chi connectivity index (χ1) is 13.8. The summed E-state index contributed by atoms with van der Waals surface area (Å²) in [5.41, 5.74) is 1.65. The zero-order valence-corrected chi connectivity index (χ0v) is 17.1. The lowest BCUT2D eigenvalue weighted by Crippen LogP contribution is -2.48. The number of halogens is 1. The Bertz CT molecular complexity index is 855. The van der Waals surface area contributed by atoms with Crippen molar-refractivity contribution in [3.8, 4) is 5.75 Å². The van der Waals surface area contributed by atoms with Gasteiger partial charge in [0.05, 0.1) is 0 Å². The van der Waals surface area contributed by atoms with E-state index in [1.54, 1.807) is 6.07 Å². The van der Waals surface area contributed by atoms with Gasteiger partial charge < -0.3 is 20.2 Å². The molecule has 3 N–H and O–H groups in total. The monoisotopic (exact) mass is 464 g/mol. The van der Waals surface area contributed by atoms with Crippen LogP contribution in [-0.4, -0.2) is 69.1 Å². The van der Waals surface area contributed by atoms with Crippen molar-refractivity contribution in [2.75, 3.05) is 26.2 Å². The van der Waals surface area contributed by atoms with Crippen LogP contribution in [0, 0.1) is 0 Å². The molecule has 3 rings (SSSR count). The zero-order valence-electron chi connectivity index (χ0n) is 15.5. The first-order valence-electron chi connectivity index (χ1n) is 8.78. The van der Waals surface area contributed by atoms with Crippen LogP contribution in [0.2, 0.25) is 0 Å². The van der Waals surface area contributed by atoms with Crippen LogP contribution in [0.1, 0.15) is 15.9 Å². The average Bonchev–Trinajstić information content (AvgIpc) is 2.72. The van der Waals surface area contributed by atoms with Crippen molar-refractivity contribution >= 4 is 33.8 Å². The Balaban J connectivity index is 0.000000438. The highest BCUT2D eigenvalue weighted by atomic mass is 79.9. The molecule has 0 spiro atoms. The third kappa shape index (κ3) is 6.88. The number of phenolic OH excluding ortho intramolecular Hbond substituents is 1. The average molecular weight is 465 g/mol. The van der Waals surface area contributed by atoms with Gasteiger partial charge in [-0.15, -0.1) is 0 Å². The van der Waals surface area contributed by atoms with Crippen molar-refractivity contribution in [3.63, 3.8) is 0 Å². The zero-order chi connectivity index (χ0) is 21.4. The summed E-state index contributed by atoms with van der Waals surface area (Å²) in [7, 11) is 0. The molecule has 9 heteroatoms. The van der Waals surface area contributed by atoms with Gasteiger partial charge in [0.15, 0.2) is 0 Å². The minimum Gasteiger partial charge on any atom is -0.508 e. The maximum atomic E-state index is 12.4. The van der Waals surface area contributed by atoms with E-state index >= 15 is 0 Å². The lowest BCUT2D eigenvalue weighted by atomic mass is 10.1. The van der Waals surface area contributed by atoms with E-state index in [1.165, 1.54) is 0 Å². The van der Waals surface area contributed by atoms with Crippen LogP contribution in [0.15, 0.2) is 53.0 Å². The van der Waals surface area contributed by atoms with Crippen molar-refractivity contribution in [1.29, 1.82) is 0 Å². The molecule has 0 aliphatic carbocycles. The second-order valence-corrected chi connectivity index (χ2v) is 7.23. The van der Waals surface area contributed by atoms with Crippen LogP contribution in [0.25, 0.3) is 0 Å². The van der Waals surface area contributed by atoms with Crippen molar-refractivity contribution in [2.24, 2.45) is 0 Å².